The molecule has 1 rings (SSSR count). The molecular formula is C12H21N5O. The third kappa shape index (κ3) is 3.32. The second-order valence-electron chi connectivity index (χ2n) is 4.40. The van der Waals surface area contributed by atoms with Crippen molar-refractivity contribution < 1.29 is 0 Å². The van der Waals surface area contributed by atoms with Crippen molar-refractivity contribution in [3.63, 3.8) is 0 Å². The highest BCUT2D eigenvalue weighted by molar-refractivity contribution is 5.77. The molecule has 1 aromatic heterocycles. The van der Waals surface area contributed by atoms with E-state index in [0.29, 0.717) is 25.3 Å². The average molecular weight is 251 g/mol. The van der Waals surface area contributed by atoms with Crippen molar-refractivity contribution in [3.8, 4) is 0 Å². The van der Waals surface area contributed by atoms with Gasteiger partial charge in [0.2, 0.25) is 0 Å². The first-order chi connectivity index (χ1) is 8.47. The molecule has 0 spiro atoms. The Morgan fingerprint density at radius 3 is 2.78 bits per heavy atom. The Morgan fingerprint density at radius 1 is 1.61 bits per heavy atom. The molecule has 0 radical (unpaired) electrons. The molecule has 0 saturated heterocycles. The summed E-state index contributed by atoms with van der Waals surface area (Å²) in [4.78, 5) is 18.2. The van der Waals surface area contributed by atoms with Gasteiger partial charge >= 0.3 is 0 Å². The fourth-order valence-electron chi connectivity index (χ4n) is 1.73. The van der Waals surface area contributed by atoms with E-state index in [0.717, 1.165) is 0 Å². The number of hydrogen-bond donors (Lipinski definition) is 2. The molecule has 3 N–H and O–H groups in total. The smallest absolute Gasteiger partial charge is 0.293 e. The molecule has 0 aromatic carbocycles. The molecule has 0 fully saturated rings. The lowest BCUT2D eigenvalue weighted by molar-refractivity contribution is 0.650. The van der Waals surface area contributed by atoms with Crippen LogP contribution in [0.4, 0.5) is 5.82 Å². The Balaban J connectivity index is 3.06. The molecule has 0 aliphatic heterocycles. The van der Waals surface area contributed by atoms with Crippen molar-refractivity contribution >= 4 is 11.7 Å². The van der Waals surface area contributed by atoms with Crippen LogP contribution in [0.25, 0.3) is 0 Å². The van der Waals surface area contributed by atoms with Crippen molar-refractivity contribution in [1.29, 1.82) is 5.41 Å². The quantitative estimate of drug-likeness (QED) is 0.578. The highest BCUT2D eigenvalue weighted by Crippen LogP contribution is 2.09. The number of rotatable bonds is 6. The molecule has 0 aliphatic rings. The third-order valence-corrected chi connectivity index (χ3v) is 2.75. The Morgan fingerprint density at radius 2 is 2.28 bits per heavy atom. The van der Waals surface area contributed by atoms with Crippen LogP contribution in [0, 0.1) is 5.41 Å². The molecule has 100 valence electrons. The lowest BCUT2D eigenvalue weighted by atomic mass is 10.2. The third-order valence-electron chi connectivity index (χ3n) is 2.75. The largest absolute Gasteiger partial charge is 0.388 e. The van der Waals surface area contributed by atoms with Crippen LogP contribution in [0.1, 0.15) is 27.2 Å². The normalized spacial score (nSPS) is 10.7. The molecule has 6 heteroatoms. The molecule has 0 unspecified atom stereocenters. The first-order valence-corrected chi connectivity index (χ1v) is 6.12. The SMILES string of the molecule is CCn1ccnc(N(CCC(=N)N)C(C)C)c1=O. The fraction of sp³-hybridized carbons (Fsp3) is 0.583. The second-order valence-corrected chi connectivity index (χ2v) is 4.40. The predicted octanol–water partition coefficient (Wildman–Crippen LogP) is 0.804. The first-order valence-electron chi connectivity index (χ1n) is 6.12. The zero-order valence-electron chi connectivity index (χ0n) is 11.2. The molecule has 0 saturated carbocycles. The van der Waals surface area contributed by atoms with Gasteiger partial charge in [0.25, 0.3) is 5.56 Å². The van der Waals surface area contributed by atoms with E-state index in [1.54, 1.807) is 17.0 Å². The topological polar surface area (TPSA) is 88.0 Å². The lowest BCUT2D eigenvalue weighted by Gasteiger charge is -2.27. The van der Waals surface area contributed by atoms with Gasteiger partial charge in [0.15, 0.2) is 5.82 Å². The maximum absolute atomic E-state index is 12.2. The Kier molecular flexibility index (Phi) is 4.88. The molecular weight excluding hydrogens is 230 g/mol. The average Bonchev–Trinajstić information content (AvgIpc) is 2.30. The monoisotopic (exact) mass is 251 g/mol. The van der Waals surface area contributed by atoms with Gasteiger partial charge in [-0.25, -0.2) is 4.98 Å². The summed E-state index contributed by atoms with van der Waals surface area (Å²) >= 11 is 0. The summed E-state index contributed by atoms with van der Waals surface area (Å²) < 4.78 is 1.62. The van der Waals surface area contributed by atoms with Gasteiger partial charge in [0.1, 0.15) is 0 Å². The minimum atomic E-state index is -0.0998. The molecule has 1 heterocycles. The van der Waals surface area contributed by atoms with Crippen molar-refractivity contribution in [3.05, 3.63) is 22.7 Å². The number of nitrogens with zero attached hydrogens (tertiary/aromatic N) is 3. The second kappa shape index (κ2) is 6.18. The van der Waals surface area contributed by atoms with E-state index >= 15 is 0 Å². The van der Waals surface area contributed by atoms with Gasteiger partial charge < -0.3 is 15.2 Å². The van der Waals surface area contributed by atoms with Gasteiger partial charge in [-0.3, -0.25) is 10.2 Å². The van der Waals surface area contributed by atoms with Crippen molar-refractivity contribution in [2.45, 2.75) is 39.8 Å². The molecule has 0 bridgehead atoms. The highest BCUT2D eigenvalue weighted by Gasteiger charge is 2.16. The van der Waals surface area contributed by atoms with Gasteiger partial charge in [-0.05, 0) is 20.8 Å². The van der Waals surface area contributed by atoms with Crippen LogP contribution < -0.4 is 16.2 Å². The van der Waals surface area contributed by atoms with Crippen molar-refractivity contribution in [2.75, 3.05) is 11.4 Å². The van der Waals surface area contributed by atoms with E-state index in [9.17, 15) is 4.79 Å². The van der Waals surface area contributed by atoms with Gasteiger partial charge in [-0.2, -0.15) is 0 Å². The number of nitrogens with two attached hydrogens (primary N) is 1. The number of hydrogen-bond acceptors (Lipinski definition) is 4. The Hall–Kier alpha value is -1.85. The van der Waals surface area contributed by atoms with Crippen molar-refractivity contribution in [1.82, 2.24) is 9.55 Å². The molecule has 0 aliphatic carbocycles. The summed E-state index contributed by atoms with van der Waals surface area (Å²) in [5, 5.41) is 7.27. The van der Waals surface area contributed by atoms with E-state index in [-0.39, 0.29) is 17.4 Å². The zero-order valence-corrected chi connectivity index (χ0v) is 11.2. The summed E-state index contributed by atoms with van der Waals surface area (Å²) in [7, 11) is 0. The van der Waals surface area contributed by atoms with E-state index in [1.807, 2.05) is 25.7 Å². The molecule has 1 aromatic rings. The summed E-state index contributed by atoms with van der Waals surface area (Å²) in [5.74, 6) is 0.544. The minimum Gasteiger partial charge on any atom is -0.388 e. The predicted molar refractivity (Wildman–Crippen MR) is 73.2 cm³/mol. The Labute approximate surface area is 107 Å². The summed E-state index contributed by atoms with van der Waals surface area (Å²) in [6.07, 6.45) is 3.74. The van der Waals surface area contributed by atoms with E-state index < -0.39 is 0 Å². The number of aryl methyl sites for hydroxylation is 1. The van der Waals surface area contributed by atoms with E-state index in [1.165, 1.54) is 0 Å². The minimum absolute atomic E-state index is 0.0998. The highest BCUT2D eigenvalue weighted by atomic mass is 16.1. The van der Waals surface area contributed by atoms with Crippen LogP contribution in [0.2, 0.25) is 0 Å². The van der Waals surface area contributed by atoms with Crippen molar-refractivity contribution in [2.24, 2.45) is 5.73 Å². The lowest BCUT2D eigenvalue weighted by Crippen LogP contribution is -2.39. The summed E-state index contributed by atoms with van der Waals surface area (Å²) in [6.45, 7) is 7.05. The number of anilines is 1. The first kappa shape index (κ1) is 14.2. The number of nitrogens with one attached hydrogen (secondary N) is 1. The summed E-state index contributed by atoms with van der Waals surface area (Å²) in [6, 6.07) is 0.136. The van der Waals surface area contributed by atoms with Crippen LogP contribution in [0.15, 0.2) is 17.2 Å². The number of aromatic nitrogens is 2. The number of amidine groups is 1. The van der Waals surface area contributed by atoms with E-state index in [4.69, 9.17) is 11.1 Å². The maximum atomic E-state index is 12.2. The van der Waals surface area contributed by atoms with Gasteiger partial charge in [0, 0.05) is 37.9 Å². The Bertz CT molecular complexity index is 466. The molecule has 0 amide bonds. The van der Waals surface area contributed by atoms with Crippen LogP contribution >= 0.6 is 0 Å². The van der Waals surface area contributed by atoms with Gasteiger partial charge in [-0.1, -0.05) is 0 Å². The molecule has 6 nitrogen and oxygen atoms in total. The van der Waals surface area contributed by atoms with Gasteiger partial charge in [0.05, 0.1) is 5.84 Å². The van der Waals surface area contributed by atoms with Gasteiger partial charge in [-0.15, -0.1) is 0 Å². The fourth-order valence-corrected chi connectivity index (χ4v) is 1.73. The standard InChI is InChI=1S/C12H21N5O/c1-4-16-8-6-15-11(12(16)18)17(9(2)3)7-5-10(13)14/h6,8-9H,4-5,7H2,1-3H3,(H3,13,14). The van der Waals surface area contributed by atoms with Crippen LogP contribution in [-0.4, -0.2) is 28.0 Å². The zero-order chi connectivity index (χ0) is 13.7. The molecule has 18 heavy (non-hydrogen) atoms. The van der Waals surface area contributed by atoms with E-state index in [2.05, 4.69) is 4.98 Å². The maximum Gasteiger partial charge on any atom is 0.293 e. The van der Waals surface area contributed by atoms with Crippen LogP contribution in [-0.2, 0) is 6.54 Å². The van der Waals surface area contributed by atoms with Crippen LogP contribution in [0.3, 0.4) is 0 Å². The molecule has 0 atom stereocenters. The summed E-state index contributed by atoms with van der Waals surface area (Å²) in [5.41, 5.74) is 5.27. The van der Waals surface area contributed by atoms with Crippen LogP contribution in [0.5, 0.6) is 0 Å².